The molecule has 1 heterocycles. The summed E-state index contributed by atoms with van der Waals surface area (Å²) in [5.41, 5.74) is 0. The molecule has 0 aliphatic carbocycles. The Morgan fingerprint density at radius 2 is 1.62 bits per heavy atom. The van der Waals surface area contributed by atoms with Crippen molar-refractivity contribution in [2.75, 3.05) is 0 Å². The van der Waals surface area contributed by atoms with Crippen LogP contribution in [0.15, 0.2) is 0 Å². The first-order valence-electron chi connectivity index (χ1n) is 1.80. The third-order valence-electron chi connectivity index (χ3n) is 0.582. The molecular weight excluding hydrogens is 115 g/mol. The summed E-state index contributed by atoms with van der Waals surface area (Å²) in [5.74, 6) is -2.31. The first-order chi connectivity index (χ1) is 3.70. The lowest BCUT2D eigenvalue weighted by atomic mass is 10.3. The average molecular weight is 116 g/mol. The maximum atomic E-state index is 9.93. The highest BCUT2D eigenvalue weighted by molar-refractivity contribution is 6.54. The summed E-state index contributed by atoms with van der Waals surface area (Å²) in [7, 11) is -1.70. The van der Waals surface area contributed by atoms with Gasteiger partial charge in [-0.05, 0) is 0 Å². The molecule has 0 bridgehead atoms. The lowest BCUT2D eigenvalue weighted by Gasteiger charge is -1.84. The van der Waals surface area contributed by atoms with Crippen LogP contribution in [0.3, 0.4) is 0 Å². The molecular formula is C2HBO5. The van der Waals surface area contributed by atoms with E-state index in [9.17, 15) is 9.59 Å². The van der Waals surface area contributed by atoms with Crippen LogP contribution in [0.5, 0.6) is 0 Å². The Labute approximate surface area is 44.4 Å². The van der Waals surface area contributed by atoms with E-state index in [0.717, 1.165) is 0 Å². The van der Waals surface area contributed by atoms with Crippen molar-refractivity contribution in [1.82, 2.24) is 0 Å². The Morgan fingerprint density at radius 3 is 1.75 bits per heavy atom. The molecule has 0 aromatic heterocycles. The summed E-state index contributed by atoms with van der Waals surface area (Å²) in [6.45, 7) is 0. The second-order valence-electron chi connectivity index (χ2n) is 1.12. The standard InChI is InChI=1S/C2HBO5/c4-1-2(5)8-3(6)7-1/h6H. The SMILES string of the molecule is O=C1OB(O)OC1=O. The Bertz CT molecular complexity index is 125. The van der Waals surface area contributed by atoms with Crippen molar-refractivity contribution < 1.29 is 23.9 Å². The molecule has 1 rings (SSSR count). The van der Waals surface area contributed by atoms with Crippen LogP contribution < -0.4 is 0 Å². The molecule has 0 spiro atoms. The predicted molar refractivity (Wildman–Crippen MR) is 20.2 cm³/mol. The van der Waals surface area contributed by atoms with E-state index in [-0.39, 0.29) is 0 Å². The van der Waals surface area contributed by atoms with Crippen LogP contribution in [-0.4, -0.2) is 24.3 Å². The summed E-state index contributed by atoms with van der Waals surface area (Å²) >= 11 is 0. The molecule has 5 nitrogen and oxygen atoms in total. The fraction of sp³-hybridized carbons (Fsp3) is 0. The van der Waals surface area contributed by atoms with Gasteiger partial charge < -0.3 is 14.3 Å². The second kappa shape index (κ2) is 1.48. The largest absolute Gasteiger partial charge is 0.789 e. The Balaban J connectivity index is 2.64. The van der Waals surface area contributed by atoms with Gasteiger partial charge in [0.15, 0.2) is 0 Å². The predicted octanol–water partition coefficient (Wildman–Crippen LogP) is -1.94. The quantitative estimate of drug-likeness (QED) is 0.294. The summed E-state index contributed by atoms with van der Waals surface area (Å²) in [5, 5.41) is 8.18. The normalized spacial score (nSPS) is 18.4. The highest BCUT2D eigenvalue weighted by Crippen LogP contribution is 1.97. The molecule has 0 radical (unpaired) electrons. The van der Waals surface area contributed by atoms with E-state index < -0.39 is 19.3 Å². The molecule has 6 heteroatoms. The first-order valence-corrected chi connectivity index (χ1v) is 1.80. The lowest BCUT2D eigenvalue weighted by molar-refractivity contribution is -0.150. The van der Waals surface area contributed by atoms with Crippen LogP contribution in [0.25, 0.3) is 0 Å². The van der Waals surface area contributed by atoms with Crippen molar-refractivity contribution in [2.24, 2.45) is 0 Å². The number of carbonyl (C=O) groups excluding carboxylic acids is 2. The molecule has 42 valence electrons. The van der Waals surface area contributed by atoms with E-state index in [1.54, 1.807) is 0 Å². The van der Waals surface area contributed by atoms with Crippen molar-refractivity contribution in [3.8, 4) is 0 Å². The molecule has 0 atom stereocenters. The van der Waals surface area contributed by atoms with E-state index in [2.05, 4.69) is 9.31 Å². The summed E-state index contributed by atoms with van der Waals surface area (Å²) in [6, 6.07) is 0. The molecule has 1 aliphatic rings. The van der Waals surface area contributed by atoms with Crippen molar-refractivity contribution in [3.05, 3.63) is 0 Å². The van der Waals surface area contributed by atoms with E-state index >= 15 is 0 Å². The lowest BCUT2D eigenvalue weighted by Crippen LogP contribution is -2.12. The Kier molecular flexibility index (Phi) is 0.946. The van der Waals surface area contributed by atoms with Gasteiger partial charge in [-0.3, -0.25) is 0 Å². The number of hydrogen-bond donors (Lipinski definition) is 1. The number of carbonyl (C=O) groups is 2. The number of rotatable bonds is 0. The molecule has 0 aromatic rings. The fourth-order valence-electron chi connectivity index (χ4n) is 0.303. The maximum Gasteiger partial charge on any atom is 0.789 e. The highest BCUT2D eigenvalue weighted by Gasteiger charge is 2.40. The molecule has 0 saturated carbocycles. The zero-order valence-electron chi connectivity index (χ0n) is 3.66. The molecule has 1 N–H and O–H groups in total. The monoisotopic (exact) mass is 116 g/mol. The second-order valence-corrected chi connectivity index (χ2v) is 1.12. The summed E-state index contributed by atoms with van der Waals surface area (Å²) in [6.07, 6.45) is 0. The van der Waals surface area contributed by atoms with Gasteiger partial charge in [0.25, 0.3) is 0 Å². The van der Waals surface area contributed by atoms with Crippen LogP contribution >= 0.6 is 0 Å². The Morgan fingerprint density at radius 1 is 1.25 bits per heavy atom. The molecule has 1 saturated heterocycles. The van der Waals surface area contributed by atoms with Gasteiger partial charge in [-0.15, -0.1) is 0 Å². The average Bonchev–Trinajstić information content (AvgIpc) is 1.85. The van der Waals surface area contributed by atoms with Crippen molar-refractivity contribution in [2.45, 2.75) is 0 Å². The molecule has 0 amide bonds. The van der Waals surface area contributed by atoms with E-state index in [0.29, 0.717) is 0 Å². The van der Waals surface area contributed by atoms with Gasteiger partial charge >= 0.3 is 19.3 Å². The fourth-order valence-corrected chi connectivity index (χ4v) is 0.303. The smallest absolute Gasteiger partial charge is 0.465 e. The van der Waals surface area contributed by atoms with Crippen LogP contribution in [0, 0.1) is 0 Å². The van der Waals surface area contributed by atoms with Crippen LogP contribution in [0.2, 0.25) is 0 Å². The van der Waals surface area contributed by atoms with Crippen molar-refractivity contribution in [1.29, 1.82) is 0 Å². The third kappa shape index (κ3) is 0.649. The van der Waals surface area contributed by atoms with Gasteiger partial charge in [-0.1, -0.05) is 0 Å². The van der Waals surface area contributed by atoms with E-state index in [1.165, 1.54) is 0 Å². The topological polar surface area (TPSA) is 72.8 Å². The van der Waals surface area contributed by atoms with E-state index in [4.69, 9.17) is 5.02 Å². The van der Waals surface area contributed by atoms with Crippen LogP contribution in [0.4, 0.5) is 0 Å². The van der Waals surface area contributed by atoms with Crippen LogP contribution in [0.1, 0.15) is 0 Å². The van der Waals surface area contributed by atoms with Gasteiger partial charge in [0.2, 0.25) is 0 Å². The summed E-state index contributed by atoms with van der Waals surface area (Å²) in [4.78, 5) is 19.9. The van der Waals surface area contributed by atoms with Gasteiger partial charge in [0.05, 0.1) is 0 Å². The van der Waals surface area contributed by atoms with Gasteiger partial charge in [0.1, 0.15) is 0 Å². The zero-order chi connectivity index (χ0) is 6.15. The van der Waals surface area contributed by atoms with Gasteiger partial charge in [0, 0.05) is 0 Å². The maximum absolute atomic E-state index is 9.93. The highest BCUT2D eigenvalue weighted by atomic mass is 16.8. The minimum Gasteiger partial charge on any atom is -0.465 e. The zero-order valence-corrected chi connectivity index (χ0v) is 3.66. The minimum atomic E-state index is -1.70. The summed E-state index contributed by atoms with van der Waals surface area (Å²) < 4.78 is 7.64. The molecule has 0 unspecified atom stereocenters. The third-order valence-corrected chi connectivity index (χ3v) is 0.582. The Hall–Kier alpha value is -1.04. The van der Waals surface area contributed by atoms with Gasteiger partial charge in [-0.2, -0.15) is 0 Å². The van der Waals surface area contributed by atoms with Crippen molar-refractivity contribution >= 4 is 19.3 Å². The molecule has 1 aliphatic heterocycles. The number of hydrogen-bond acceptors (Lipinski definition) is 5. The molecule has 0 aromatic carbocycles. The first kappa shape index (κ1) is 5.11. The van der Waals surface area contributed by atoms with Gasteiger partial charge in [-0.25, -0.2) is 9.59 Å². The molecule has 1 fully saturated rings. The van der Waals surface area contributed by atoms with E-state index in [1.807, 2.05) is 0 Å². The van der Waals surface area contributed by atoms with Crippen LogP contribution in [-0.2, 0) is 18.9 Å². The minimum absolute atomic E-state index is 1.16. The van der Waals surface area contributed by atoms with Crippen molar-refractivity contribution in [3.63, 3.8) is 0 Å². The molecule has 8 heavy (non-hydrogen) atoms.